The lowest BCUT2D eigenvalue weighted by atomic mass is 9.99. The minimum atomic E-state index is -4.96. The number of aliphatic hydroxyl groups is 1. The molecule has 6 atom stereocenters. The molecule has 3 unspecified atom stereocenters. The van der Waals surface area contributed by atoms with Crippen LogP contribution in [0.2, 0.25) is 0 Å². The van der Waals surface area contributed by atoms with Gasteiger partial charge in [0, 0.05) is 25.7 Å². The summed E-state index contributed by atoms with van der Waals surface area (Å²) in [5, 5.41) is 10.6. The molecule has 19 heteroatoms. The Bertz CT molecular complexity index is 1870. The first-order chi connectivity index (χ1) is 46.9. The van der Waals surface area contributed by atoms with Gasteiger partial charge in [0.1, 0.15) is 19.3 Å². The van der Waals surface area contributed by atoms with Gasteiger partial charge in [-0.15, -0.1) is 0 Å². The highest BCUT2D eigenvalue weighted by atomic mass is 31.2. The van der Waals surface area contributed by atoms with Gasteiger partial charge in [0.2, 0.25) is 0 Å². The Morgan fingerprint density at radius 2 is 0.526 bits per heavy atom. The number of esters is 4. The van der Waals surface area contributed by atoms with Crippen LogP contribution in [0.25, 0.3) is 0 Å². The van der Waals surface area contributed by atoms with E-state index >= 15 is 0 Å². The fourth-order valence-corrected chi connectivity index (χ4v) is 13.6. The molecule has 0 amide bonds. The Balaban J connectivity index is 5.18. The first-order valence-electron chi connectivity index (χ1n) is 40.5. The average Bonchev–Trinajstić information content (AvgIpc) is 2.35. The minimum Gasteiger partial charge on any atom is -0.462 e. The van der Waals surface area contributed by atoms with Crippen LogP contribution in [-0.2, 0) is 65.4 Å². The van der Waals surface area contributed by atoms with Crippen molar-refractivity contribution in [3.8, 4) is 0 Å². The van der Waals surface area contributed by atoms with Gasteiger partial charge in [-0.2, -0.15) is 0 Å². The first-order valence-corrected chi connectivity index (χ1v) is 43.5. The summed E-state index contributed by atoms with van der Waals surface area (Å²) in [5.41, 5.74) is 0. The summed E-state index contributed by atoms with van der Waals surface area (Å²) < 4.78 is 68.5. The summed E-state index contributed by atoms with van der Waals surface area (Å²) in [4.78, 5) is 72.7. The number of carbonyl (C=O) groups is 4. The standard InChI is InChI=1S/C78H152O17P2/c1-7-10-12-14-16-17-18-19-20-21-22-23-27-30-33-36-43-49-55-61-76(81)89-67-74(94-77(82)62-56-50-44-37-34-31-28-25-24-26-29-32-35-41-46-52-58-70(4)5)69-93-97(86,87)91-65-72(79)64-90-96(84,85)92-68-73(66-88-75(80)60-54-48-40-15-13-11-8-2)95-78(83)63-57-51-45-39-38-42-47-53-59-71(6)9-3/h70-74,79H,7-69H2,1-6H3,(H,84,85)(H,86,87)/t71?,72-,73+,74+/m0/s1. The monoisotopic (exact) mass is 1420 g/mol. The van der Waals surface area contributed by atoms with Gasteiger partial charge in [-0.3, -0.25) is 37.3 Å². The van der Waals surface area contributed by atoms with E-state index in [2.05, 4.69) is 41.5 Å². The van der Waals surface area contributed by atoms with E-state index in [0.29, 0.717) is 25.7 Å². The molecule has 17 nitrogen and oxygen atoms in total. The zero-order valence-electron chi connectivity index (χ0n) is 63.4. The third-order valence-corrected chi connectivity index (χ3v) is 20.5. The van der Waals surface area contributed by atoms with Crippen LogP contribution in [0, 0.1) is 11.8 Å². The lowest BCUT2D eigenvalue weighted by Crippen LogP contribution is -2.30. The van der Waals surface area contributed by atoms with Crippen molar-refractivity contribution in [2.75, 3.05) is 39.6 Å². The van der Waals surface area contributed by atoms with Crippen LogP contribution in [0.1, 0.15) is 408 Å². The predicted octanol–water partition coefficient (Wildman–Crippen LogP) is 23.1. The molecule has 3 N–H and O–H groups in total. The molecule has 0 bridgehead atoms. The van der Waals surface area contributed by atoms with Crippen LogP contribution >= 0.6 is 15.6 Å². The third-order valence-electron chi connectivity index (χ3n) is 18.6. The van der Waals surface area contributed by atoms with Crippen molar-refractivity contribution in [1.82, 2.24) is 0 Å². The summed E-state index contributed by atoms with van der Waals surface area (Å²) in [6.07, 6.45) is 58.5. The normalized spacial score (nSPS) is 14.2. The predicted molar refractivity (Wildman–Crippen MR) is 395 cm³/mol. The van der Waals surface area contributed by atoms with E-state index in [4.69, 9.17) is 37.0 Å². The second-order valence-corrected chi connectivity index (χ2v) is 31.7. The number of phosphoric acid groups is 2. The molecular weight excluding hydrogens is 1270 g/mol. The van der Waals surface area contributed by atoms with Crippen molar-refractivity contribution in [3.63, 3.8) is 0 Å². The molecule has 97 heavy (non-hydrogen) atoms. The molecule has 0 fully saturated rings. The number of rotatable bonds is 77. The van der Waals surface area contributed by atoms with Gasteiger partial charge in [-0.1, -0.05) is 356 Å². The van der Waals surface area contributed by atoms with Gasteiger partial charge in [0.25, 0.3) is 0 Å². The largest absolute Gasteiger partial charge is 0.472 e. The first kappa shape index (κ1) is 95.1. The maximum atomic E-state index is 13.1. The molecule has 0 heterocycles. The highest BCUT2D eigenvalue weighted by molar-refractivity contribution is 7.47. The molecule has 0 aromatic carbocycles. The van der Waals surface area contributed by atoms with Gasteiger partial charge >= 0.3 is 39.5 Å². The van der Waals surface area contributed by atoms with E-state index < -0.39 is 97.5 Å². The van der Waals surface area contributed by atoms with E-state index in [1.165, 1.54) is 212 Å². The van der Waals surface area contributed by atoms with Crippen molar-refractivity contribution in [2.45, 2.75) is 426 Å². The van der Waals surface area contributed by atoms with Crippen LogP contribution < -0.4 is 0 Å². The quantitative estimate of drug-likeness (QED) is 0.0222. The van der Waals surface area contributed by atoms with Crippen molar-refractivity contribution >= 4 is 39.5 Å². The van der Waals surface area contributed by atoms with Crippen molar-refractivity contribution in [1.29, 1.82) is 0 Å². The summed E-state index contributed by atoms with van der Waals surface area (Å²) in [6, 6.07) is 0. The smallest absolute Gasteiger partial charge is 0.462 e. The highest BCUT2D eigenvalue weighted by Gasteiger charge is 2.30. The van der Waals surface area contributed by atoms with Crippen LogP contribution in [0.5, 0.6) is 0 Å². The van der Waals surface area contributed by atoms with Gasteiger partial charge in [-0.05, 0) is 37.5 Å². The van der Waals surface area contributed by atoms with Crippen molar-refractivity contribution in [2.24, 2.45) is 11.8 Å². The Morgan fingerprint density at radius 3 is 0.784 bits per heavy atom. The van der Waals surface area contributed by atoms with Gasteiger partial charge in [0.15, 0.2) is 12.2 Å². The summed E-state index contributed by atoms with van der Waals surface area (Å²) in [5.74, 6) is -0.540. The van der Waals surface area contributed by atoms with E-state index in [1.54, 1.807) is 0 Å². The Labute approximate surface area is 594 Å². The molecule has 0 radical (unpaired) electrons. The Morgan fingerprint density at radius 1 is 0.299 bits per heavy atom. The number of unbranched alkanes of at least 4 members (excludes halogenated alkanes) is 46. The molecule has 0 spiro atoms. The van der Waals surface area contributed by atoms with Gasteiger partial charge < -0.3 is 33.8 Å². The Kier molecular flexibility index (Phi) is 68.4. The molecular formula is C78H152O17P2. The molecule has 0 saturated heterocycles. The zero-order valence-corrected chi connectivity index (χ0v) is 65.2. The number of hydrogen-bond acceptors (Lipinski definition) is 15. The van der Waals surface area contributed by atoms with Crippen LogP contribution in [0.15, 0.2) is 0 Å². The van der Waals surface area contributed by atoms with Gasteiger partial charge in [0.05, 0.1) is 26.4 Å². The van der Waals surface area contributed by atoms with E-state index in [0.717, 1.165) is 115 Å². The molecule has 0 aromatic heterocycles. The lowest BCUT2D eigenvalue weighted by molar-refractivity contribution is -0.161. The lowest BCUT2D eigenvalue weighted by Gasteiger charge is -2.21. The molecule has 576 valence electrons. The van der Waals surface area contributed by atoms with Crippen molar-refractivity contribution in [3.05, 3.63) is 0 Å². The fraction of sp³-hybridized carbons (Fsp3) is 0.949. The number of hydrogen-bond donors (Lipinski definition) is 3. The van der Waals surface area contributed by atoms with Gasteiger partial charge in [-0.25, -0.2) is 9.13 Å². The third kappa shape index (κ3) is 70.9. The second-order valence-electron chi connectivity index (χ2n) is 28.8. The number of aliphatic hydroxyl groups excluding tert-OH is 1. The number of carbonyl (C=O) groups excluding carboxylic acids is 4. The average molecular weight is 1420 g/mol. The Hall–Kier alpha value is -1.94. The zero-order chi connectivity index (χ0) is 71.4. The fourth-order valence-electron chi connectivity index (χ4n) is 12.0. The molecule has 0 saturated carbocycles. The molecule has 0 aliphatic heterocycles. The maximum absolute atomic E-state index is 13.1. The summed E-state index contributed by atoms with van der Waals surface area (Å²) >= 11 is 0. The number of phosphoric ester groups is 2. The van der Waals surface area contributed by atoms with Crippen LogP contribution in [0.3, 0.4) is 0 Å². The molecule has 0 aromatic rings. The minimum absolute atomic E-state index is 0.105. The maximum Gasteiger partial charge on any atom is 0.472 e. The van der Waals surface area contributed by atoms with E-state index in [1.807, 2.05) is 0 Å². The molecule has 0 rings (SSSR count). The van der Waals surface area contributed by atoms with Crippen LogP contribution in [-0.4, -0.2) is 96.7 Å². The summed E-state index contributed by atoms with van der Waals surface area (Å²) in [6.45, 7) is 9.59. The molecule has 0 aliphatic rings. The summed E-state index contributed by atoms with van der Waals surface area (Å²) in [7, 11) is -9.91. The second kappa shape index (κ2) is 69.8. The van der Waals surface area contributed by atoms with E-state index in [-0.39, 0.29) is 25.7 Å². The topological polar surface area (TPSA) is 237 Å². The number of ether oxygens (including phenoxy) is 4. The van der Waals surface area contributed by atoms with E-state index in [9.17, 15) is 43.2 Å². The SMILES string of the molecule is CCCCCCCCCCCCCCCCCCCCCC(=O)OC[C@H](COP(=O)(O)OC[C@@H](O)COP(=O)(O)OC[C@@H](COC(=O)CCCCCCCCC)OC(=O)CCCCCCCCCCC(C)CC)OC(=O)CCCCCCCCCCCCCCCCCCC(C)C. The van der Waals surface area contributed by atoms with Crippen LogP contribution in [0.4, 0.5) is 0 Å². The van der Waals surface area contributed by atoms with Crippen molar-refractivity contribution < 1.29 is 80.2 Å². The highest BCUT2D eigenvalue weighted by Crippen LogP contribution is 2.45. The molecule has 0 aliphatic carbocycles.